The fourth-order valence-corrected chi connectivity index (χ4v) is 3.86. The van der Waals surface area contributed by atoms with Crippen LogP contribution in [0, 0.1) is 12.3 Å². The first kappa shape index (κ1) is 21.3. The maximum atomic E-state index is 13.0. The molecule has 2 aromatic heterocycles. The predicted molar refractivity (Wildman–Crippen MR) is 114 cm³/mol. The molecule has 1 amide bonds. The Hall–Kier alpha value is -3.97. The molecular weight excluding hydrogens is 441 g/mol. The molecule has 0 fully saturated rings. The van der Waals surface area contributed by atoms with Crippen molar-refractivity contribution in [3.63, 3.8) is 0 Å². The van der Waals surface area contributed by atoms with Crippen molar-refractivity contribution in [1.29, 1.82) is 0 Å². The maximum absolute atomic E-state index is 13.0. The van der Waals surface area contributed by atoms with Crippen LogP contribution in [-0.2, 0) is 11.0 Å². The van der Waals surface area contributed by atoms with E-state index < -0.39 is 11.7 Å². The molecule has 0 saturated heterocycles. The Morgan fingerprint density at radius 2 is 2.00 bits per heavy atom. The van der Waals surface area contributed by atoms with Crippen molar-refractivity contribution >= 4 is 32.6 Å². The summed E-state index contributed by atoms with van der Waals surface area (Å²) in [6.45, 7) is 1.39. The highest BCUT2D eigenvalue weighted by molar-refractivity contribution is 7.22. The van der Waals surface area contributed by atoms with Crippen LogP contribution in [0.2, 0.25) is 0 Å². The lowest BCUT2D eigenvalue weighted by molar-refractivity contribution is -0.137. The van der Waals surface area contributed by atoms with Gasteiger partial charge < -0.3 is 10.1 Å². The van der Waals surface area contributed by atoms with E-state index in [4.69, 9.17) is 11.2 Å². The number of ether oxygens (including phenoxy) is 1. The molecule has 0 atom stereocenters. The zero-order chi connectivity index (χ0) is 22.9. The molecule has 32 heavy (non-hydrogen) atoms. The van der Waals surface area contributed by atoms with Gasteiger partial charge in [-0.15, -0.1) is 6.42 Å². The van der Waals surface area contributed by atoms with E-state index in [-0.39, 0.29) is 17.4 Å². The molecule has 160 valence electrons. The predicted octanol–water partition coefficient (Wildman–Crippen LogP) is 5.50. The van der Waals surface area contributed by atoms with Crippen molar-refractivity contribution in [2.75, 3.05) is 5.32 Å². The number of alkyl halides is 3. The minimum absolute atomic E-state index is 0.0472. The van der Waals surface area contributed by atoms with Gasteiger partial charge in [0.2, 0.25) is 11.8 Å². The number of halogens is 3. The van der Waals surface area contributed by atoms with E-state index in [1.807, 2.05) is 6.07 Å². The third-order valence-corrected chi connectivity index (χ3v) is 5.24. The van der Waals surface area contributed by atoms with E-state index in [1.54, 1.807) is 12.1 Å². The van der Waals surface area contributed by atoms with Crippen LogP contribution in [0.25, 0.3) is 21.5 Å². The standard InChI is InChI=1S/C22H13F3N4O2S/c1-3-13-9-14(22(23,24)25)7-8-15(13)16-10-19(27-11-26-16)31-17-5-4-6-18-20(17)29-21(32-18)28-12(2)30/h1,4-11H,2H3,(H,28,29,30). The number of aromatic nitrogens is 3. The second-order valence-corrected chi connectivity index (χ2v) is 7.58. The number of fused-ring (bicyclic) bond motifs is 1. The van der Waals surface area contributed by atoms with E-state index in [0.717, 1.165) is 16.8 Å². The summed E-state index contributed by atoms with van der Waals surface area (Å²) in [7, 11) is 0. The number of nitrogens with zero attached hydrogens (tertiary/aromatic N) is 3. The molecule has 0 spiro atoms. The minimum Gasteiger partial charge on any atom is -0.437 e. The summed E-state index contributed by atoms with van der Waals surface area (Å²) < 4.78 is 45.7. The molecule has 0 aliphatic rings. The quantitative estimate of drug-likeness (QED) is 0.412. The van der Waals surface area contributed by atoms with Crippen LogP contribution < -0.4 is 10.1 Å². The fraction of sp³-hybridized carbons (Fsp3) is 0.0909. The number of carbonyl (C=O) groups excluding carboxylic acids is 1. The third-order valence-electron chi connectivity index (χ3n) is 4.30. The number of para-hydroxylation sites is 1. The molecule has 2 heterocycles. The van der Waals surface area contributed by atoms with Crippen LogP contribution in [0.1, 0.15) is 18.1 Å². The Labute approximate surface area is 184 Å². The van der Waals surface area contributed by atoms with Crippen LogP contribution >= 0.6 is 11.3 Å². The normalized spacial score (nSPS) is 11.2. The Morgan fingerprint density at radius 1 is 1.19 bits per heavy atom. The van der Waals surface area contributed by atoms with Gasteiger partial charge in [0.15, 0.2) is 10.9 Å². The number of nitrogens with one attached hydrogen (secondary N) is 1. The highest BCUT2D eigenvalue weighted by Crippen LogP contribution is 2.36. The van der Waals surface area contributed by atoms with Gasteiger partial charge in [-0.25, -0.2) is 15.0 Å². The van der Waals surface area contributed by atoms with E-state index in [1.165, 1.54) is 36.7 Å². The molecule has 6 nitrogen and oxygen atoms in total. The summed E-state index contributed by atoms with van der Waals surface area (Å²) in [5.74, 6) is 2.58. The Balaban J connectivity index is 1.69. The molecule has 10 heteroatoms. The molecule has 0 aliphatic carbocycles. The zero-order valence-electron chi connectivity index (χ0n) is 16.4. The van der Waals surface area contributed by atoms with Crippen molar-refractivity contribution in [3.8, 4) is 35.2 Å². The molecular formula is C22H13F3N4O2S. The summed E-state index contributed by atoms with van der Waals surface area (Å²) in [4.78, 5) is 23.9. The van der Waals surface area contributed by atoms with Crippen molar-refractivity contribution in [1.82, 2.24) is 15.0 Å². The van der Waals surface area contributed by atoms with Crippen LogP contribution in [0.3, 0.4) is 0 Å². The first-order valence-electron chi connectivity index (χ1n) is 9.10. The summed E-state index contributed by atoms with van der Waals surface area (Å²) in [5, 5.41) is 3.06. The van der Waals surface area contributed by atoms with Gasteiger partial charge >= 0.3 is 6.18 Å². The van der Waals surface area contributed by atoms with E-state index >= 15 is 0 Å². The van der Waals surface area contributed by atoms with Gasteiger partial charge in [-0.05, 0) is 24.3 Å². The number of hydrogen-bond donors (Lipinski definition) is 1. The molecule has 0 bridgehead atoms. The molecule has 0 saturated carbocycles. The highest BCUT2D eigenvalue weighted by Gasteiger charge is 2.31. The van der Waals surface area contributed by atoms with Crippen LogP contribution in [0.5, 0.6) is 11.6 Å². The van der Waals surface area contributed by atoms with Gasteiger partial charge in [-0.1, -0.05) is 29.4 Å². The number of carbonyl (C=O) groups is 1. The van der Waals surface area contributed by atoms with Crippen LogP contribution in [-0.4, -0.2) is 20.9 Å². The summed E-state index contributed by atoms with van der Waals surface area (Å²) in [6, 6.07) is 9.87. The van der Waals surface area contributed by atoms with Crippen LogP contribution in [0.4, 0.5) is 18.3 Å². The molecule has 0 aliphatic heterocycles. The van der Waals surface area contributed by atoms with E-state index in [0.29, 0.717) is 27.7 Å². The van der Waals surface area contributed by atoms with Crippen molar-refractivity contribution in [2.45, 2.75) is 13.1 Å². The third kappa shape index (κ3) is 4.38. The van der Waals surface area contributed by atoms with Gasteiger partial charge in [0.1, 0.15) is 11.8 Å². The van der Waals surface area contributed by atoms with Gasteiger partial charge in [0.05, 0.1) is 16.0 Å². The Bertz CT molecular complexity index is 1380. The van der Waals surface area contributed by atoms with Crippen molar-refractivity contribution < 1.29 is 22.7 Å². The van der Waals surface area contributed by atoms with Gasteiger partial charge in [-0.2, -0.15) is 13.2 Å². The van der Waals surface area contributed by atoms with Crippen LogP contribution in [0.15, 0.2) is 48.8 Å². The lowest BCUT2D eigenvalue weighted by Gasteiger charge is -2.11. The highest BCUT2D eigenvalue weighted by atomic mass is 32.1. The average molecular weight is 454 g/mol. The topological polar surface area (TPSA) is 77.0 Å². The smallest absolute Gasteiger partial charge is 0.416 e. The monoisotopic (exact) mass is 454 g/mol. The van der Waals surface area contributed by atoms with E-state index in [2.05, 4.69) is 26.2 Å². The van der Waals surface area contributed by atoms with Crippen molar-refractivity contribution in [2.24, 2.45) is 0 Å². The number of anilines is 1. The number of rotatable bonds is 4. The van der Waals surface area contributed by atoms with Gasteiger partial charge in [0, 0.05) is 24.1 Å². The molecule has 0 radical (unpaired) electrons. The second kappa shape index (κ2) is 8.28. The van der Waals surface area contributed by atoms with Crippen molar-refractivity contribution in [3.05, 3.63) is 59.9 Å². The minimum atomic E-state index is -4.51. The molecule has 1 N–H and O–H groups in total. The Kier molecular flexibility index (Phi) is 5.50. The lowest BCUT2D eigenvalue weighted by atomic mass is 10.0. The summed E-state index contributed by atoms with van der Waals surface area (Å²) in [6.07, 6.45) is 2.15. The number of thiazole rings is 1. The molecule has 4 rings (SSSR count). The first-order valence-corrected chi connectivity index (χ1v) is 9.91. The number of benzene rings is 2. The maximum Gasteiger partial charge on any atom is 0.416 e. The zero-order valence-corrected chi connectivity index (χ0v) is 17.2. The average Bonchev–Trinajstić information content (AvgIpc) is 3.15. The van der Waals surface area contributed by atoms with Gasteiger partial charge in [0.25, 0.3) is 0 Å². The summed E-state index contributed by atoms with van der Waals surface area (Å²) in [5.41, 5.74) is 0.379. The molecule has 0 unspecified atom stereocenters. The summed E-state index contributed by atoms with van der Waals surface area (Å²) >= 11 is 1.29. The second-order valence-electron chi connectivity index (χ2n) is 6.55. The number of terminal acetylenes is 1. The Morgan fingerprint density at radius 3 is 2.72 bits per heavy atom. The lowest BCUT2D eigenvalue weighted by Crippen LogP contribution is -2.05. The molecule has 2 aromatic carbocycles. The number of amides is 1. The largest absolute Gasteiger partial charge is 0.437 e. The first-order chi connectivity index (χ1) is 15.2. The van der Waals surface area contributed by atoms with E-state index in [9.17, 15) is 18.0 Å². The molecule has 4 aromatic rings. The SMILES string of the molecule is C#Cc1cc(C(F)(F)F)ccc1-c1cc(Oc2cccc3sc(NC(C)=O)nc23)ncn1. The van der Waals surface area contributed by atoms with Gasteiger partial charge in [-0.3, -0.25) is 4.79 Å². The number of hydrogen-bond acceptors (Lipinski definition) is 6. The fourth-order valence-electron chi connectivity index (χ4n) is 2.93.